The van der Waals surface area contributed by atoms with Crippen molar-refractivity contribution in [3.63, 3.8) is 0 Å². The monoisotopic (exact) mass is 189 g/mol. The minimum absolute atomic E-state index is 0.0162. The molecule has 3 nitrogen and oxygen atoms in total. The number of rotatable bonds is 2. The highest BCUT2D eigenvalue weighted by atomic mass is 16.5. The molecule has 0 aliphatic heterocycles. The average Bonchev–Trinajstić information content (AvgIpc) is 2.18. The summed E-state index contributed by atoms with van der Waals surface area (Å²) in [6.45, 7) is 1.88. The lowest BCUT2D eigenvalue weighted by Crippen LogP contribution is -2.14. The van der Waals surface area contributed by atoms with Crippen molar-refractivity contribution < 1.29 is 9.53 Å². The van der Waals surface area contributed by atoms with Gasteiger partial charge >= 0.3 is 6.09 Å². The Bertz CT molecular complexity index is 366. The van der Waals surface area contributed by atoms with Gasteiger partial charge in [0.05, 0.1) is 0 Å². The molecule has 1 N–H and O–H groups in total. The van der Waals surface area contributed by atoms with E-state index >= 15 is 0 Å². The summed E-state index contributed by atoms with van der Waals surface area (Å²) in [5.41, 5.74) is 1.71. The molecule has 0 spiro atoms. The van der Waals surface area contributed by atoms with Crippen LogP contribution in [0, 0.1) is 19.3 Å². The summed E-state index contributed by atoms with van der Waals surface area (Å²) in [5, 5.41) is 2.59. The first-order valence-electron chi connectivity index (χ1n) is 4.17. The maximum Gasteiger partial charge on any atom is 0.412 e. The topological polar surface area (TPSA) is 38.3 Å². The zero-order valence-electron chi connectivity index (χ0n) is 7.91. The summed E-state index contributed by atoms with van der Waals surface area (Å²) in [4.78, 5) is 11.1. The molecule has 14 heavy (non-hydrogen) atoms. The van der Waals surface area contributed by atoms with Crippen LogP contribution < -0.4 is 5.32 Å². The standard InChI is InChI=1S/C11H11NO2/c1-3-8-14-11(13)12-10-7-5-4-6-9(10)2/h1,4-7H,8H2,2H3,(H,12,13). The van der Waals surface area contributed by atoms with Crippen LogP contribution in [0.15, 0.2) is 24.3 Å². The second-order valence-corrected chi connectivity index (χ2v) is 2.72. The quantitative estimate of drug-likeness (QED) is 0.724. The largest absolute Gasteiger partial charge is 0.436 e. The van der Waals surface area contributed by atoms with E-state index in [4.69, 9.17) is 6.42 Å². The second-order valence-electron chi connectivity index (χ2n) is 2.72. The van der Waals surface area contributed by atoms with Crippen LogP contribution in [0.1, 0.15) is 5.56 Å². The predicted molar refractivity (Wildman–Crippen MR) is 55.0 cm³/mol. The first kappa shape index (κ1) is 10.1. The van der Waals surface area contributed by atoms with Gasteiger partial charge in [0.25, 0.3) is 0 Å². The van der Waals surface area contributed by atoms with Gasteiger partial charge in [0, 0.05) is 5.69 Å². The SMILES string of the molecule is C#CCOC(=O)Nc1ccccc1C. The van der Waals surface area contributed by atoms with Crippen molar-refractivity contribution in [2.24, 2.45) is 0 Å². The van der Waals surface area contributed by atoms with Crippen molar-refractivity contribution in [3.8, 4) is 12.3 Å². The average molecular weight is 189 g/mol. The third kappa shape index (κ3) is 2.83. The molecule has 72 valence electrons. The molecule has 1 aromatic carbocycles. The van der Waals surface area contributed by atoms with Crippen molar-refractivity contribution in [1.82, 2.24) is 0 Å². The Labute approximate surface area is 83.1 Å². The Morgan fingerprint density at radius 3 is 2.93 bits per heavy atom. The van der Waals surface area contributed by atoms with E-state index in [2.05, 4.69) is 16.0 Å². The van der Waals surface area contributed by atoms with E-state index in [9.17, 15) is 4.79 Å². The number of terminal acetylenes is 1. The van der Waals surface area contributed by atoms with Gasteiger partial charge in [-0.3, -0.25) is 5.32 Å². The van der Waals surface area contributed by atoms with Crippen LogP contribution in [0.5, 0.6) is 0 Å². The van der Waals surface area contributed by atoms with Crippen molar-refractivity contribution in [3.05, 3.63) is 29.8 Å². The highest BCUT2D eigenvalue weighted by Crippen LogP contribution is 2.12. The van der Waals surface area contributed by atoms with E-state index in [0.717, 1.165) is 11.3 Å². The molecular weight excluding hydrogens is 178 g/mol. The van der Waals surface area contributed by atoms with Crippen LogP contribution in [-0.4, -0.2) is 12.7 Å². The number of carbonyl (C=O) groups is 1. The van der Waals surface area contributed by atoms with Gasteiger partial charge in [-0.15, -0.1) is 6.42 Å². The van der Waals surface area contributed by atoms with E-state index in [1.807, 2.05) is 25.1 Å². The molecule has 0 saturated heterocycles. The number of anilines is 1. The van der Waals surface area contributed by atoms with E-state index in [0.29, 0.717) is 0 Å². The molecule has 0 aliphatic carbocycles. The van der Waals surface area contributed by atoms with E-state index in [1.54, 1.807) is 6.07 Å². The molecule has 0 unspecified atom stereocenters. The van der Waals surface area contributed by atoms with Crippen LogP contribution in [0.2, 0.25) is 0 Å². The van der Waals surface area contributed by atoms with E-state index < -0.39 is 6.09 Å². The Morgan fingerprint density at radius 1 is 1.57 bits per heavy atom. The fraction of sp³-hybridized carbons (Fsp3) is 0.182. The summed E-state index contributed by atoms with van der Waals surface area (Å²) in [6, 6.07) is 7.43. The molecule has 0 bridgehead atoms. The van der Waals surface area contributed by atoms with Gasteiger partial charge in [0.2, 0.25) is 0 Å². The maximum atomic E-state index is 11.1. The second kappa shape index (κ2) is 4.93. The molecule has 0 atom stereocenters. The lowest BCUT2D eigenvalue weighted by atomic mass is 10.2. The van der Waals surface area contributed by atoms with Crippen molar-refractivity contribution in [2.75, 3.05) is 11.9 Å². The van der Waals surface area contributed by atoms with Crippen LogP contribution in [0.3, 0.4) is 0 Å². The Kier molecular flexibility index (Phi) is 3.57. The Morgan fingerprint density at radius 2 is 2.29 bits per heavy atom. The normalized spacial score (nSPS) is 8.86. The Hall–Kier alpha value is -1.95. The summed E-state index contributed by atoms with van der Waals surface area (Å²) in [5.74, 6) is 2.22. The van der Waals surface area contributed by atoms with E-state index in [-0.39, 0.29) is 6.61 Å². The smallest absolute Gasteiger partial charge is 0.412 e. The van der Waals surface area contributed by atoms with Gasteiger partial charge in [-0.1, -0.05) is 24.1 Å². The number of amides is 1. The van der Waals surface area contributed by atoms with Crippen molar-refractivity contribution in [1.29, 1.82) is 0 Å². The number of carbonyl (C=O) groups excluding carboxylic acids is 1. The summed E-state index contributed by atoms with van der Waals surface area (Å²) in [7, 11) is 0. The summed E-state index contributed by atoms with van der Waals surface area (Å²) < 4.78 is 4.66. The molecule has 1 rings (SSSR count). The van der Waals surface area contributed by atoms with Crippen molar-refractivity contribution in [2.45, 2.75) is 6.92 Å². The molecule has 3 heteroatoms. The zero-order chi connectivity index (χ0) is 10.4. The highest BCUT2D eigenvalue weighted by Gasteiger charge is 2.03. The Balaban J connectivity index is 2.57. The fourth-order valence-electron chi connectivity index (χ4n) is 0.966. The zero-order valence-corrected chi connectivity index (χ0v) is 7.91. The number of para-hydroxylation sites is 1. The minimum atomic E-state index is -0.530. The van der Waals surface area contributed by atoms with Gasteiger partial charge < -0.3 is 4.74 Å². The minimum Gasteiger partial charge on any atom is -0.436 e. The van der Waals surface area contributed by atoms with Crippen LogP contribution >= 0.6 is 0 Å². The molecule has 0 heterocycles. The fourth-order valence-corrected chi connectivity index (χ4v) is 0.966. The first-order chi connectivity index (χ1) is 6.74. The number of nitrogens with one attached hydrogen (secondary N) is 1. The molecule has 0 aromatic heterocycles. The number of ether oxygens (including phenoxy) is 1. The third-order valence-corrected chi connectivity index (χ3v) is 1.67. The van der Waals surface area contributed by atoms with E-state index in [1.165, 1.54) is 0 Å². The molecule has 0 radical (unpaired) electrons. The van der Waals surface area contributed by atoms with Crippen molar-refractivity contribution >= 4 is 11.8 Å². The third-order valence-electron chi connectivity index (χ3n) is 1.67. The van der Waals surface area contributed by atoms with Crippen LogP contribution in [0.4, 0.5) is 10.5 Å². The van der Waals surface area contributed by atoms with Gasteiger partial charge in [-0.25, -0.2) is 4.79 Å². The molecule has 0 aliphatic rings. The van der Waals surface area contributed by atoms with Gasteiger partial charge in [-0.05, 0) is 18.6 Å². The highest BCUT2D eigenvalue weighted by molar-refractivity contribution is 5.85. The first-order valence-corrected chi connectivity index (χ1v) is 4.17. The molecule has 0 fully saturated rings. The predicted octanol–water partition coefficient (Wildman–Crippen LogP) is 2.18. The lowest BCUT2D eigenvalue weighted by Gasteiger charge is -2.06. The van der Waals surface area contributed by atoms with Gasteiger partial charge in [0.15, 0.2) is 6.61 Å². The summed E-state index contributed by atoms with van der Waals surface area (Å²) >= 11 is 0. The molecule has 0 saturated carbocycles. The number of hydrogen-bond acceptors (Lipinski definition) is 2. The molecule has 1 amide bonds. The van der Waals surface area contributed by atoms with Gasteiger partial charge in [0.1, 0.15) is 0 Å². The number of hydrogen-bond donors (Lipinski definition) is 1. The molecular formula is C11H11NO2. The van der Waals surface area contributed by atoms with Crippen LogP contribution in [-0.2, 0) is 4.74 Å². The summed E-state index contributed by atoms with van der Waals surface area (Å²) in [6.07, 6.45) is 4.41. The van der Waals surface area contributed by atoms with Crippen LogP contribution in [0.25, 0.3) is 0 Å². The number of benzene rings is 1. The number of aryl methyl sites for hydroxylation is 1. The molecule has 1 aromatic rings. The maximum absolute atomic E-state index is 11.1. The lowest BCUT2D eigenvalue weighted by molar-refractivity contribution is 0.176. The van der Waals surface area contributed by atoms with Gasteiger partial charge in [-0.2, -0.15) is 0 Å².